The second kappa shape index (κ2) is 6.89. The highest BCUT2D eigenvalue weighted by Crippen LogP contribution is 2.26. The molecule has 1 aliphatic carbocycles. The van der Waals surface area contributed by atoms with Crippen molar-refractivity contribution in [3.63, 3.8) is 0 Å². The summed E-state index contributed by atoms with van der Waals surface area (Å²) in [6, 6.07) is 0. The van der Waals surface area contributed by atoms with Crippen LogP contribution in [-0.4, -0.2) is 35.2 Å². The third-order valence-corrected chi connectivity index (χ3v) is 3.84. The van der Waals surface area contributed by atoms with Crippen LogP contribution in [-0.2, 0) is 14.3 Å². The van der Waals surface area contributed by atoms with E-state index < -0.39 is 5.97 Å². The summed E-state index contributed by atoms with van der Waals surface area (Å²) in [7, 11) is 0. The molecule has 5 heteroatoms. The molecule has 1 saturated carbocycles. The zero-order chi connectivity index (χ0) is 14.5. The normalized spacial score (nSPS) is 23.9. The molecule has 1 rings (SSSR count). The summed E-state index contributed by atoms with van der Waals surface area (Å²) in [5, 5.41) is 11.8. The first-order valence-corrected chi connectivity index (χ1v) is 6.99. The fourth-order valence-electron chi connectivity index (χ4n) is 2.17. The van der Waals surface area contributed by atoms with Gasteiger partial charge in [0.05, 0.1) is 12.0 Å². The van der Waals surface area contributed by atoms with Gasteiger partial charge in [-0.25, -0.2) is 0 Å². The fraction of sp³-hybridized carbons (Fsp3) is 0.857. The van der Waals surface area contributed by atoms with E-state index in [9.17, 15) is 9.59 Å². The summed E-state index contributed by atoms with van der Waals surface area (Å²) in [5.74, 6) is -1.07. The second-order valence-electron chi connectivity index (χ2n) is 5.91. The van der Waals surface area contributed by atoms with Gasteiger partial charge in [-0.05, 0) is 46.0 Å². The molecule has 0 radical (unpaired) electrons. The van der Waals surface area contributed by atoms with Crippen molar-refractivity contribution in [3.8, 4) is 0 Å². The molecule has 0 aromatic carbocycles. The number of carbonyl (C=O) groups is 2. The number of rotatable bonds is 6. The van der Waals surface area contributed by atoms with E-state index >= 15 is 0 Å². The van der Waals surface area contributed by atoms with E-state index in [1.165, 1.54) is 0 Å². The van der Waals surface area contributed by atoms with Gasteiger partial charge in [-0.15, -0.1) is 0 Å². The fourth-order valence-corrected chi connectivity index (χ4v) is 2.17. The Morgan fingerprint density at radius 1 is 1.26 bits per heavy atom. The van der Waals surface area contributed by atoms with Gasteiger partial charge in [-0.2, -0.15) is 0 Å². The predicted octanol–water partition coefficient (Wildman–Crippen LogP) is 1.95. The summed E-state index contributed by atoms with van der Waals surface area (Å²) < 4.78 is 5.56. The lowest BCUT2D eigenvalue weighted by atomic mass is 9.87. The average Bonchev–Trinajstić information content (AvgIpc) is 2.36. The van der Waals surface area contributed by atoms with Crippen LogP contribution in [0.15, 0.2) is 0 Å². The first kappa shape index (κ1) is 16.0. The Balaban J connectivity index is 2.24. The van der Waals surface area contributed by atoms with Gasteiger partial charge in [0.25, 0.3) is 0 Å². The molecule has 0 spiro atoms. The van der Waals surface area contributed by atoms with Crippen LogP contribution in [0, 0.1) is 5.92 Å². The lowest BCUT2D eigenvalue weighted by molar-refractivity contribution is -0.144. The number of nitrogens with one attached hydrogen (secondary N) is 1. The van der Waals surface area contributed by atoms with Crippen LogP contribution in [0.3, 0.4) is 0 Å². The number of ether oxygens (including phenoxy) is 1. The Hall–Kier alpha value is -1.10. The maximum Gasteiger partial charge on any atom is 0.306 e. The Bertz CT molecular complexity index is 319. The van der Waals surface area contributed by atoms with Crippen LogP contribution in [0.5, 0.6) is 0 Å². The van der Waals surface area contributed by atoms with Gasteiger partial charge in [-0.1, -0.05) is 6.92 Å². The van der Waals surface area contributed by atoms with Gasteiger partial charge < -0.3 is 15.2 Å². The number of hydrogen-bond donors (Lipinski definition) is 2. The van der Waals surface area contributed by atoms with Crippen molar-refractivity contribution in [3.05, 3.63) is 0 Å². The van der Waals surface area contributed by atoms with Crippen LogP contribution in [0.1, 0.15) is 52.9 Å². The molecule has 0 saturated heterocycles. The molecule has 0 heterocycles. The topological polar surface area (TPSA) is 75.6 Å². The number of carboxylic acids is 1. The van der Waals surface area contributed by atoms with Crippen molar-refractivity contribution < 1.29 is 19.4 Å². The Morgan fingerprint density at radius 2 is 1.84 bits per heavy atom. The smallest absolute Gasteiger partial charge is 0.306 e. The molecular formula is C14H25NO4. The SMILES string of the molecule is CCC(C)(C)NC(=O)COC1CCC(C(=O)O)CC1. The van der Waals surface area contributed by atoms with Gasteiger partial charge in [0.1, 0.15) is 6.61 Å². The third kappa shape index (κ3) is 5.59. The quantitative estimate of drug-likeness (QED) is 0.774. The summed E-state index contributed by atoms with van der Waals surface area (Å²) in [6.07, 6.45) is 3.61. The van der Waals surface area contributed by atoms with Crippen LogP contribution in [0.4, 0.5) is 0 Å². The van der Waals surface area contributed by atoms with E-state index in [2.05, 4.69) is 5.32 Å². The minimum absolute atomic E-state index is 0.0195. The largest absolute Gasteiger partial charge is 0.481 e. The van der Waals surface area contributed by atoms with Gasteiger partial charge in [0, 0.05) is 5.54 Å². The maximum atomic E-state index is 11.7. The summed E-state index contributed by atoms with van der Waals surface area (Å²) in [5.41, 5.74) is -0.207. The molecule has 0 atom stereocenters. The van der Waals surface area contributed by atoms with Crippen LogP contribution >= 0.6 is 0 Å². The molecule has 5 nitrogen and oxygen atoms in total. The third-order valence-electron chi connectivity index (χ3n) is 3.84. The number of aliphatic carboxylic acids is 1. The van der Waals surface area contributed by atoms with Crippen molar-refractivity contribution >= 4 is 11.9 Å². The van der Waals surface area contributed by atoms with Crippen LogP contribution in [0.2, 0.25) is 0 Å². The minimum atomic E-state index is -0.721. The number of carboxylic acid groups (broad SMARTS) is 1. The molecule has 1 amide bonds. The van der Waals surface area contributed by atoms with E-state index in [-0.39, 0.29) is 30.1 Å². The molecule has 0 aromatic rings. The van der Waals surface area contributed by atoms with Crippen molar-refractivity contribution in [2.75, 3.05) is 6.61 Å². The number of amides is 1. The van der Waals surface area contributed by atoms with Gasteiger partial charge in [0.2, 0.25) is 5.91 Å². The maximum absolute atomic E-state index is 11.7. The standard InChI is InChI=1S/C14H25NO4/c1-4-14(2,3)15-12(16)9-19-11-7-5-10(6-8-11)13(17)18/h10-11H,4-9H2,1-3H3,(H,15,16)(H,17,18). The van der Waals surface area contributed by atoms with Gasteiger partial charge >= 0.3 is 5.97 Å². The molecule has 0 unspecified atom stereocenters. The number of hydrogen-bond acceptors (Lipinski definition) is 3. The Kier molecular flexibility index (Phi) is 5.79. The molecule has 0 aliphatic heterocycles. The van der Waals surface area contributed by atoms with Crippen molar-refractivity contribution in [2.45, 2.75) is 64.5 Å². The van der Waals surface area contributed by atoms with E-state index in [0.29, 0.717) is 12.8 Å². The zero-order valence-electron chi connectivity index (χ0n) is 12.1. The molecule has 1 fully saturated rings. The van der Waals surface area contributed by atoms with E-state index in [0.717, 1.165) is 19.3 Å². The first-order valence-electron chi connectivity index (χ1n) is 6.99. The highest BCUT2D eigenvalue weighted by Gasteiger charge is 2.27. The van der Waals surface area contributed by atoms with E-state index in [4.69, 9.17) is 9.84 Å². The zero-order valence-corrected chi connectivity index (χ0v) is 12.1. The summed E-state index contributed by atoms with van der Waals surface area (Å²) in [6.45, 7) is 6.03. The molecule has 0 aromatic heterocycles. The molecule has 2 N–H and O–H groups in total. The Morgan fingerprint density at radius 3 is 2.32 bits per heavy atom. The van der Waals surface area contributed by atoms with Gasteiger partial charge in [0.15, 0.2) is 0 Å². The average molecular weight is 271 g/mol. The molecule has 1 aliphatic rings. The lowest BCUT2D eigenvalue weighted by Crippen LogP contribution is -2.45. The van der Waals surface area contributed by atoms with Crippen LogP contribution in [0.25, 0.3) is 0 Å². The highest BCUT2D eigenvalue weighted by molar-refractivity contribution is 5.78. The molecule has 19 heavy (non-hydrogen) atoms. The van der Waals surface area contributed by atoms with E-state index in [1.807, 2.05) is 20.8 Å². The predicted molar refractivity (Wildman–Crippen MR) is 71.8 cm³/mol. The monoisotopic (exact) mass is 271 g/mol. The second-order valence-corrected chi connectivity index (χ2v) is 5.91. The van der Waals surface area contributed by atoms with Crippen molar-refractivity contribution in [1.29, 1.82) is 0 Å². The summed E-state index contributed by atoms with van der Waals surface area (Å²) in [4.78, 5) is 22.5. The molecular weight excluding hydrogens is 246 g/mol. The minimum Gasteiger partial charge on any atom is -0.481 e. The van der Waals surface area contributed by atoms with Crippen molar-refractivity contribution in [2.24, 2.45) is 5.92 Å². The van der Waals surface area contributed by atoms with E-state index in [1.54, 1.807) is 0 Å². The Labute approximate surface area is 114 Å². The lowest BCUT2D eigenvalue weighted by Gasteiger charge is -2.28. The molecule has 0 bridgehead atoms. The van der Waals surface area contributed by atoms with Gasteiger partial charge in [-0.3, -0.25) is 9.59 Å². The summed E-state index contributed by atoms with van der Waals surface area (Å²) >= 11 is 0. The highest BCUT2D eigenvalue weighted by atomic mass is 16.5. The molecule has 110 valence electrons. The number of carbonyl (C=O) groups excluding carboxylic acids is 1. The first-order chi connectivity index (χ1) is 8.84. The van der Waals surface area contributed by atoms with Crippen molar-refractivity contribution in [1.82, 2.24) is 5.32 Å². The van der Waals surface area contributed by atoms with Crippen LogP contribution < -0.4 is 5.32 Å².